The van der Waals surface area contributed by atoms with Crippen molar-refractivity contribution in [1.82, 2.24) is 25.3 Å². The molecule has 0 spiro atoms. The third-order valence-corrected chi connectivity index (χ3v) is 4.29. The van der Waals surface area contributed by atoms with Crippen LogP contribution >= 0.6 is 0 Å². The lowest BCUT2D eigenvalue weighted by atomic mass is 10.2. The minimum Gasteiger partial charge on any atom is -0.350 e. The number of rotatable bonds is 4. The Kier molecular flexibility index (Phi) is 4.44. The number of benzene rings is 1. The molecular formula is C20H16FN5O2. The topological polar surface area (TPSA) is 104 Å². The Bertz CT molecular complexity index is 1220. The Morgan fingerprint density at radius 3 is 2.79 bits per heavy atom. The summed E-state index contributed by atoms with van der Waals surface area (Å²) in [5.41, 5.74) is 1.41. The van der Waals surface area contributed by atoms with Crippen LogP contribution in [-0.2, 0) is 0 Å². The zero-order valence-corrected chi connectivity index (χ0v) is 14.9. The fraction of sp³-hybridized carbons (Fsp3) is 0.100. The molecule has 0 aliphatic rings. The molecule has 0 unspecified atom stereocenters. The Balaban J connectivity index is 1.59. The average molecular weight is 377 g/mol. The maximum Gasteiger partial charge on any atom is 0.268 e. The summed E-state index contributed by atoms with van der Waals surface area (Å²) in [7, 11) is 0. The van der Waals surface area contributed by atoms with Crippen LogP contribution in [-0.4, -0.2) is 25.8 Å². The summed E-state index contributed by atoms with van der Waals surface area (Å²) in [6.07, 6.45) is 1.60. The van der Waals surface area contributed by atoms with Gasteiger partial charge < -0.3 is 15.3 Å². The van der Waals surface area contributed by atoms with Crippen molar-refractivity contribution in [3.05, 3.63) is 82.3 Å². The number of amides is 1. The maximum atomic E-state index is 13.3. The van der Waals surface area contributed by atoms with Gasteiger partial charge >= 0.3 is 0 Å². The van der Waals surface area contributed by atoms with Gasteiger partial charge in [-0.2, -0.15) is 0 Å². The summed E-state index contributed by atoms with van der Waals surface area (Å²) in [5.74, 6) is -0.444. The molecule has 4 aromatic rings. The molecule has 1 amide bonds. The second-order valence-electron chi connectivity index (χ2n) is 6.34. The number of carbonyl (C=O) groups is 1. The van der Waals surface area contributed by atoms with Gasteiger partial charge in [0, 0.05) is 23.2 Å². The van der Waals surface area contributed by atoms with E-state index in [9.17, 15) is 14.0 Å². The van der Waals surface area contributed by atoms with E-state index in [0.717, 1.165) is 5.39 Å². The Morgan fingerprint density at radius 2 is 2.00 bits per heavy atom. The molecule has 1 aromatic carbocycles. The van der Waals surface area contributed by atoms with Crippen LogP contribution in [0.2, 0.25) is 0 Å². The molecule has 0 aliphatic heterocycles. The van der Waals surface area contributed by atoms with E-state index < -0.39 is 6.04 Å². The number of nitrogens with one attached hydrogen (secondary N) is 3. The van der Waals surface area contributed by atoms with Crippen LogP contribution < -0.4 is 10.9 Å². The normalized spacial score (nSPS) is 12.1. The molecule has 0 aliphatic carbocycles. The van der Waals surface area contributed by atoms with E-state index in [1.54, 1.807) is 43.5 Å². The van der Waals surface area contributed by atoms with E-state index in [4.69, 9.17) is 0 Å². The summed E-state index contributed by atoms with van der Waals surface area (Å²) in [5, 5.41) is 3.52. The van der Waals surface area contributed by atoms with Crippen molar-refractivity contribution >= 4 is 16.8 Å². The molecule has 3 aromatic heterocycles. The van der Waals surface area contributed by atoms with Crippen LogP contribution in [0.3, 0.4) is 0 Å². The van der Waals surface area contributed by atoms with Crippen molar-refractivity contribution in [2.75, 3.05) is 0 Å². The molecule has 0 saturated carbocycles. The highest BCUT2D eigenvalue weighted by atomic mass is 19.1. The zero-order valence-electron chi connectivity index (χ0n) is 14.9. The first-order valence-corrected chi connectivity index (χ1v) is 8.61. The molecule has 0 bridgehead atoms. The first-order chi connectivity index (χ1) is 13.5. The van der Waals surface area contributed by atoms with Gasteiger partial charge in [0.25, 0.3) is 11.5 Å². The Morgan fingerprint density at radius 1 is 1.14 bits per heavy atom. The highest BCUT2D eigenvalue weighted by Crippen LogP contribution is 2.18. The smallest absolute Gasteiger partial charge is 0.268 e. The number of halogens is 1. The molecule has 0 saturated heterocycles. The van der Waals surface area contributed by atoms with Crippen molar-refractivity contribution in [3.63, 3.8) is 0 Å². The van der Waals surface area contributed by atoms with Crippen LogP contribution in [0.15, 0.2) is 59.5 Å². The number of aromatic nitrogens is 4. The van der Waals surface area contributed by atoms with E-state index in [2.05, 4.69) is 25.3 Å². The molecule has 3 heterocycles. The fourth-order valence-electron chi connectivity index (χ4n) is 2.89. The molecule has 1 atom stereocenters. The molecular weight excluding hydrogens is 361 g/mol. The third kappa shape index (κ3) is 3.52. The van der Waals surface area contributed by atoms with Crippen LogP contribution in [0.25, 0.3) is 22.4 Å². The second kappa shape index (κ2) is 7.07. The number of carbonyl (C=O) groups excluding carboxylic acids is 1. The number of H-pyrrole nitrogens is 2. The van der Waals surface area contributed by atoms with E-state index in [1.165, 1.54) is 18.2 Å². The highest BCUT2D eigenvalue weighted by Gasteiger charge is 2.16. The van der Waals surface area contributed by atoms with Gasteiger partial charge in [0.05, 0.1) is 11.7 Å². The predicted octanol–water partition coefficient (Wildman–Crippen LogP) is 2.94. The second-order valence-corrected chi connectivity index (χ2v) is 6.34. The van der Waals surface area contributed by atoms with Crippen LogP contribution in [0.4, 0.5) is 4.39 Å². The van der Waals surface area contributed by atoms with Crippen LogP contribution in [0, 0.1) is 5.82 Å². The predicted molar refractivity (Wildman–Crippen MR) is 102 cm³/mol. The van der Waals surface area contributed by atoms with E-state index in [1.807, 2.05) is 0 Å². The van der Waals surface area contributed by atoms with Crippen LogP contribution in [0.5, 0.6) is 0 Å². The number of pyridine rings is 1. The Labute approximate surface area is 158 Å². The summed E-state index contributed by atoms with van der Waals surface area (Å²) in [6.45, 7) is 1.73. The molecule has 0 radical (unpaired) electrons. The average Bonchev–Trinajstić information content (AvgIpc) is 3.11. The monoisotopic (exact) mass is 377 g/mol. The number of hydrogen-bond acceptors (Lipinski definition) is 4. The number of hydrogen-bond donors (Lipinski definition) is 3. The minimum atomic E-state index is -0.527. The molecule has 140 valence electrons. The summed E-state index contributed by atoms with van der Waals surface area (Å²) >= 11 is 0. The highest BCUT2D eigenvalue weighted by molar-refractivity contribution is 5.98. The quantitative estimate of drug-likeness (QED) is 0.509. The fourth-order valence-corrected chi connectivity index (χ4v) is 2.89. The molecule has 28 heavy (non-hydrogen) atoms. The number of aromatic amines is 2. The van der Waals surface area contributed by atoms with Crippen LogP contribution in [0.1, 0.15) is 29.1 Å². The lowest BCUT2D eigenvalue weighted by Gasteiger charge is -2.13. The van der Waals surface area contributed by atoms with Gasteiger partial charge in [-0.1, -0.05) is 6.07 Å². The van der Waals surface area contributed by atoms with Crippen molar-refractivity contribution in [2.45, 2.75) is 13.0 Å². The number of nitrogens with zero attached hydrogens (tertiary/aromatic N) is 2. The Hall–Kier alpha value is -3.81. The first-order valence-electron chi connectivity index (χ1n) is 8.61. The van der Waals surface area contributed by atoms with Gasteiger partial charge in [0.15, 0.2) is 5.82 Å². The van der Waals surface area contributed by atoms with Gasteiger partial charge in [0.2, 0.25) is 0 Å². The standard InChI is InChI=1S/C20H16FN5O2/c1-11(15-10-18(27)26-19(25-15)14-4-2-3-7-22-14)23-20(28)17-8-12-5-6-13(21)9-16(12)24-17/h2-11,24H,1H3,(H,23,28)(H,25,26,27)/t11-/m0/s1. The SMILES string of the molecule is C[C@H](NC(=O)c1cc2ccc(F)cc2[nH]1)c1cc(=O)[nH]c(-c2ccccn2)n1. The molecule has 8 heteroatoms. The third-order valence-electron chi connectivity index (χ3n) is 4.29. The summed E-state index contributed by atoms with van der Waals surface area (Å²) < 4.78 is 13.3. The van der Waals surface area contributed by atoms with Gasteiger partial charge in [0.1, 0.15) is 17.2 Å². The van der Waals surface area contributed by atoms with Gasteiger partial charge in [-0.25, -0.2) is 9.37 Å². The van der Waals surface area contributed by atoms with E-state index in [-0.39, 0.29) is 17.3 Å². The van der Waals surface area contributed by atoms with Crippen molar-refractivity contribution < 1.29 is 9.18 Å². The van der Waals surface area contributed by atoms with Gasteiger partial charge in [-0.05, 0) is 43.3 Å². The van der Waals surface area contributed by atoms with Gasteiger partial charge in [-0.3, -0.25) is 14.6 Å². The minimum absolute atomic E-state index is 0.294. The lowest BCUT2D eigenvalue weighted by molar-refractivity contribution is 0.0935. The van der Waals surface area contributed by atoms with Gasteiger partial charge in [-0.15, -0.1) is 0 Å². The summed E-state index contributed by atoms with van der Waals surface area (Å²) in [6, 6.07) is 12.0. The van der Waals surface area contributed by atoms with E-state index >= 15 is 0 Å². The summed E-state index contributed by atoms with van der Waals surface area (Å²) in [4.78, 5) is 38.7. The largest absolute Gasteiger partial charge is 0.350 e. The zero-order chi connectivity index (χ0) is 19.7. The lowest BCUT2D eigenvalue weighted by Crippen LogP contribution is -2.28. The maximum absolute atomic E-state index is 13.3. The molecule has 7 nitrogen and oxygen atoms in total. The van der Waals surface area contributed by atoms with Crippen molar-refractivity contribution in [3.8, 4) is 11.5 Å². The van der Waals surface area contributed by atoms with Crippen molar-refractivity contribution in [1.29, 1.82) is 0 Å². The first kappa shape index (κ1) is 17.6. The molecule has 0 fully saturated rings. The van der Waals surface area contributed by atoms with Crippen molar-refractivity contribution in [2.24, 2.45) is 0 Å². The molecule has 4 rings (SSSR count). The van der Waals surface area contributed by atoms with E-state index in [0.29, 0.717) is 28.4 Å². The number of fused-ring (bicyclic) bond motifs is 1. The molecule has 3 N–H and O–H groups in total.